The van der Waals surface area contributed by atoms with E-state index < -0.39 is 0 Å². The standard InChI is InChI=1S/C10H16O3/c1-4-10(3)8(13-10)6-7-9(11)12-5-2/h6-8H,4-5H2,1-3H3/b7-6+/t8-,10+/m0/s1. The van der Waals surface area contributed by atoms with E-state index in [1.54, 1.807) is 13.0 Å². The van der Waals surface area contributed by atoms with Gasteiger partial charge in [-0.3, -0.25) is 0 Å². The molecule has 1 heterocycles. The summed E-state index contributed by atoms with van der Waals surface area (Å²) in [6, 6.07) is 0. The predicted molar refractivity (Wildman–Crippen MR) is 49.3 cm³/mol. The molecule has 0 aliphatic carbocycles. The van der Waals surface area contributed by atoms with Gasteiger partial charge in [-0.25, -0.2) is 4.79 Å². The van der Waals surface area contributed by atoms with Crippen LogP contribution in [0.5, 0.6) is 0 Å². The van der Waals surface area contributed by atoms with E-state index >= 15 is 0 Å². The van der Waals surface area contributed by atoms with Gasteiger partial charge in [0.2, 0.25) is 0 Å². The third-order valence-corrected chi connectivity index (χ3v) is 2.34. The van der Waals surface area contributed by atoms with Crippen molar-refractivity contribution in [2.45, 2.75) is 38.9 Å². The Bertz CT molecular complexity index is 222. The molecule has 1 aliphatic rings. The number of carbonyl (C=O) groups is 1. The summed E-state index contributed by atoms with van der Waals surface area (Å²) >= 11 is 0. The lowest BCUT2D eigenvalue weighted by Gasteiger charge is -1.96. The van der Waals surface area contributed by atoms with Crippen LogP contribution in [-0.2, 0) is 14.3 Å². The number of rotatable bonds is 4. The van der Waals surface area contributed by atoms with E-state index in [4.69, 9.17) is 9.47 Å². The van der Waals surface area contributed by atoms with Crippen LogP contribution in [0.25, 0.3) is 0 Å². The fourth-order valence-corrected chi connectivity index (χ4v) is 1.14. The SMILES string of the molecule is CCOC(=O)/C=C/[C@@H]1O[C@]1(C)CC. The second kappa shape index (κ2) is 3.92. The maximum atomic E-state index is 10.9. The van der Waals surface area contributed by atoms with Crippen molar-refractivity contribution in [2.24, 2.45) is 0 Å². The smallest absolute Gasteiger partial charge is 0.330 e. The maximum absolute atomic E-state index is 10.9. The topological polar surface area (TPSA) is 38.8 Å². The highest BCUT2D eigenvalue weighted by Gasteiger charge is 2.48. The molecule has 0 N–H and O–H groups in total. The van der Waals surface area contributed by atoms with Crippen LogP contribution in [0.1, 0.15) is 27.2 Å². The number of hydrogen-bond donors (Lipinski definition) is 0. The third kappa shape index (κ3) is 2.56. The van der Waals surface area contributed by atoms with E-state index in [1.807, 2.05) is 6.92 Å². The van der Waals surface area contributed by atoms with Gasteiger partial charge in [0.05, 0.1) is 12.2 Å². The highest BCUT2D eigenvalue weighted by molar-refractivity contribution is 5.82. The molecule has 3 heteroatoms. The zero-order valence-corrected chi connectivity index (χ0v) is 8.37. The molecule has 0 radical (unpaired) electrons. The van der Waals surface area contributed by atoms with Gasteiger partial charge in [0, 0.05) is 6.08 Å². The van der Waals surface area contributed by atoms with Crippen LogP contribution in [0.2, 0.25) is 0 Å². The minimum absolute atomic E-state index is 0.0526. The quantitative estimate of drug-likeness (QED) is 0.379. The average molecular weight is 184 g/mol. The van der Waals surface area contributed by atoms with E-state index in [-0.39, 0.29) is 17.7 Å². The summed E-state index contributed by atoms with van der Waals surface area (Å²) in [5.74, 6) is -0.295. The summed E-state index contributed by atoms with van der Waals surface area (Å²) < 4.78 is 10.1. The van der Waals surface area contributed by atoms with Crippen molar-refractivity contribution >= 4 is 5.97 Å². The van der Waals surface area contributed by atoms with Crippen molar-refractivity contribution in [1.82, 2.24) is 0 Å². The Kier molecular flexibility index (Phi) is 3.09. The van der Waals surface area contributed by atoms with Crippen LogP contribution < -0.4 is 0 Å². The number of carbonyl (C=O) groups excluding carboxylic acids is 1. The Labute approximate surface area is 78.7 Å². The minimum atomic E-state index is -0.295. The van der Waals surface area contributed by atoms with Crippen molar-refractivity contribution in [1.29, 1.82) is 0 Å². The Morgan fingerprint density at radius 2 is 2.31 bits per heavy atom. The van der Waals surface area contributed by atoms with Gasteiger partial charge in [-0.1, -0.05) is 6.92 Å². The summed E-state index contributed by atoms with van der Waals surface area (Å²) in [4.78, 5) is 10.9. The molecule has 0 aromatic heterocycles. The molecule has 1 saturated heterocycles. The molecule has 0 aromatic carbocycles. The molecule has 0 spiro atoms. The number of esters is 1. The molecule has 0 saturated carbocycles. The van der Waals surface area contributed by atoms with Gasteiger partial charge in [0.1, 0.15) is 6.10 Å². The monoisotopic (exact) mass is 184 g/mol. The molecule has 13 heavy (non-hydrogen) atoms. The Hall–Kier alpha value is -0.830. The van der Waals surface area contributed by atoms with Gasteiger partial charge in [0.15, 0.2) is 0 Å². The average Bonchev–Trinajstić information content (AvgIpc) is 2.76. The van der Waals surface area contributed by atoms with Crippen molar-refractivity contribution in [2.75, 3.05) is 6.61 Å². The van der Waals surface area contributed by atoms with Crippen molar-refractivity contribution in [3.05, 3.63) is 12.2 Å². The van der Waals surface area contributed by atoms with E-state index in [1.165, 1.54) is 6.08 Å². The number of ether oxygens (including phenoxy) is 2. The van der Waals surface area contributed by atoms with Crippen LogP contribution in [0.15, 0.2) is 12.2 Å². The van der Waals surface area contributed by atoms with Gasteiger partial charge in [-0.15, -0.1) is 0 Å². The van der Waals surface area contributed by atoms with Crippen LogP contribution in [0.4, 0.5) is 0 Å². The highest BCUT2D eigenvalue weighted by Crippen LogP contribution is 2.39. The first kappa shape index (κ1) is 10.3. The van der Waals surface area contributed by atoms with Crippen molar-refractivity contribution in [3.8, 4) is 0 Å². The first-order valence-electron chi connectivity index (χ1n) is 4.65. The lowest BCUT2D eigenvalue weighted by molar-refractivity contribution is -0.137. The molecule has 1 fully saturated rings. The van der Waals surface area contributed by atoms with Crippen molar-refractivity contribution < 1.29 is 14.3 Å². The molecule has 0 unspecified atom stereocenters. The fraction of sp³-hybridized carbons (Fsp3) is 0.700. The summed E-state index contributed by atoms with van der Waals surface area (Å²) in [6.45, 7) is 6.31. The molecule has 0 amide bonds. The van der Waals surface area contributed by atoms with Crippen LogP contribution in [0.3, 0.4) is 0 Å². The first-order chi connectivity index (χ1) is 6.12. The molecule has 2 atom stereocenters. The summed E-state index contributed by atoms with van der Waals surface area (Å²) in [5, 5.41) is 0. The zero-order chi connectivity index (χ0) is 9.90. The number of hydrogen-bond acceptors (Lipinski definition) is 3. The van der Waals surface area contributed by atoms with Crippen LogP contribution >= 0.6 is 0 Å². The molecule has 1 aliphatic heterocycles. The first-order valence-corrected chi connectivity index (χ1v) is 4.65. The van der Waals surface area contributed by atoms with Crippen LogP contribution in [0, 0.1) is 0 Å². The van der Waals surface area contributed by atoms with E-state index in [9.17, 15) is 4.79 Å². The molecule has 74 valence electrons. The van der Waals surface area contributed by atoms with Gasteiger partial charge in [0.25, 0.3) is 0 Å². The Morgan fingerprint density at radius 3 is 2.77 bits per heavy atom. The molecular formula is C10H16O3. The van der Waals surface area contributed by atoms with Crippen LogP contribution in [-0.4, -0.2) is 24.3 Å². The third-order valence-electron chi connectivity index (χ3n) is 2.34. The van der Waals surface area contributed by atoms with E-state index in [0.717, 1.165) is 6.42 Å². The zero-order valence-electron chi connectivity index (χ0n) is 8.37. The second-order valence-electron chi connectivity index (χ2n) is 3.32. The molecule has 3 nitrogen and oxygen atoms in total. The Balaban J connectivity index is 2.31. The molecular weight excluding hydrogens is 168 g/mol. The lowest BCUT2D eigenvalue weighted by atomic mass is 10.1. The lowest BCUT2D eigenvalue weighted by Crippen LogP contribution is -2.06. The van der Waals surface area contributed by atoms with Crippen molar-refractivity contribution in [3.63, 3.8) is 0 Å². The fourth-order valence-electron chi connectivity index (χ4n) is 1.14. The molecule has 0 aromatic rings. The largest absolute Gasteiger partial charge is 0.463 e. The minimum Gasteiger partial charge on any atom is -0.463 e. The number of epoxide rings is 1. The van der Waals surface area contributed by atoms with Gasteiger partial charge in [-0.2, -0.15) is 0 Å². The van der Waals surface area contributed by atoms with Gasteiger partial charge >= 0.3 is 5.97 Å². The maximum Gasteiger partial charge on any atom is 0.330 e. The molecule has 1 rings (SSSR count). The second-order valence-corrected chi connectivity index (χ2v) is 3.32. The molecule has 0 bridgehead atoms. The van der Waals surface area contributed by atoms with E-state index in [0.29, 0.717) is 6.61 Å². The van der Waals surface area contributed by atoms with E-state index in [2.05, 4.69) is 6.92 Å². The van der Waals surface area contributed by atoms with Gasteiger partial charge in [-0.05, 0) is 26.3 Å². The van der Waals surface area contributed by atoms with Gasteiger partial charge < -0.3 is 9.47 Å². The Morgan fingerprint density at radius 1 is 1.62 bits per heavy atom. The summed E-state index contributed by atoms with van der Waals surface area (Å²) in [5.41, 5.74) is -0.0526. The summed E-state index contributed by atoms with van der Waals surface area (Å²) in [6.07, 6.45) is 4.25. The predicted octanol–water partition coefficient (Wildman–Crippen LogP) is 1.67. The normalized spacial score (nSPS) is 32.1. The summed E-state index contributed by atoms with van der Waals surface area (Å²) in [7, 11) is 0. The highest BCUT2D eigenvalue weighted by atomic mass is 16.6.